The Labute approximate surface area is 208 Å². The Morgan fingerprint density at radius 2 is 1.88 bits per heavy atom. The van der Waals surface area contributed by atoms with Crippen molar-refractivity contribution in [2.75, 3.05) is 18.2 Å². The first-order valence-corrected chi connectivity index (χ1v) is 12.8. The van der Waals surface area contributed by atoms with E-state index >= 15 is 0 Å². The molecule has 1 atom stereocenters. The zero-order valence-corrected chi connectivity index (χ0v) is 21.9. The highest BCUT2D eigenvalue weighted by Crippen LogP contribution is 2.30. The van der Waals surface area contributed by atoms with Gasteiger partial charge in [0.05, 0.1) is 18.4 Å². The van der Waals surface area contributed by atoms with Gasteiger partial charge in [-0.25, -0.2) is 4.79 Å². The van der Waals surface area contributed by atoms with Crippen LogP contribution in [0.1, 0.15) is 66.3 Å². The molecule has 0 aliphatic heterocycles. The number of thioether (sulfide) groups is 1. The average Bonchev–Trinajstić information content (AvgIpc) is 3.40. The summed E-state index contributed by atoms with van der Waals surface area (Å²) in [6.07, 6.45) is 0.454. The summed E-state index contributed by atoms with van der Waals surface area (Å²) >= 11 is 2.64. The van der Waals surface area contributed by atoms with E-state index < -0.39 is 5.97 Å². The molecule has 2 aromatic heterocycles. The maximum Gasteiger partial charge on any atom is 0.340 e. The van der Waals surface area contributed by atoms with E-state index in [-0.39, 0.29) is 17.8 Å². The molecule has 0 radical (unpaired) electrons. The zero-order valence-electron chi connectivity index (χ0n) is 20.2. The van der Waals surface area contributed by atoms with E-state index in [9.17, 15) is 9.59 Å². The van der Waals surface area contributed by atoms with Crippen LogP contribution in [-0.2, 0) is 23.0 Å². The van der Waals surface area contributed by atoms with Crippen LogP contribution in [0.2, 0.25) is 0 Å². The van der Waals surface area contributed by atoms with Gasteiger partial charge >= 0.3 is 5.97 Å². The van der Waals surface area contributed by atoms with Crippen LogP contribution in [0.5, 0.6) is 5.75 Å². The van der Waals surface area contributed by atoms with Crippen LogP contribution in [-0.4, -0.2) is 39.5 Å². The maximum atomic E-state index is 12.6. The summed E-state index contributed by atoms with van der Waals surface area (Å²) in [6, 6.07) is 9.79. The summed E-state index contributed by atoms with van der Waals surface area (Å²) in [5.74, 6) is 1.30. The lowest BCUT2D eigenvalue weighted by Gasteiger charge is -2.15. The third-order valence-corrected chi connectivity index (χ3v) is 7.43. The SMILES string of the molecule is CCc1cc(C(=O)OC)c(NC(=O)CSc2nnc(C(C)Oc3ccc(C(C)C)cc3)n2C)s1. The molecule has 10 heteroatoms. The second-order valence-electron chi connectivity index (χ2n) is 8.02. The van der Waals surface area contributed by atoms with E-state index in [0.29, 0.717) is 27.5 Å². The van der Waals surface area contributed by atoms with Crippen LogP contribution in [0.3, 0.4) is 0 Å². The Morgan fingerprint density at radius 3 is 2.50 bits per heavy atom. The molecule has 34 heavy (non-hydrogen) atoms. The van der Waals surface area contributed by atoms with Crippen molar-refractivity contribution in [3.05, 3.63) is 52.2 Å². The molecule has 2 heterocycles. The molecule has 0 aliphatic rings. The molecule has 1 N–H and O–H groups in total. The molecule has 8 nitrogen and oxygen atoms in total. The van der Waals surface area contributed by atoms with Gasteiger partial charge in [-0.05, 0) is 43.0 Å². The number of ether oxygens (including phenoxy) is 2. The fourth-order valence-corrected chi connectivity index (χ4v) is 4.98. The lowest BCUT2D eigenvalue weighted by atomic mass is 10.0. The monoisotopic (exact) mass is 502 g/mol. The highest BCUT2D eigenvalue weighted by atomic mass is 32.2. The van der Waals surface area contributed by atoms with Crippen LogP contribution in [0, 0.1) is 0 Å². The molecule has 0 saturated carbocycles. The Morgan fingerprint density at radius 1 is 1.18 bits per heavy atom. The standard InChI is InChI=1S/C24H30N4O4S2/c1-7-18-12-19(23(30)31-6)22(34-18)25-20(29)13-33-24-27-26-21(28(24)5)15(4)32-17-10-8-16(9-11-17)14(2)3/h8-12,14-15H,7,13H2,1-6H3,(H,25,29). The van der Waals surface area contributed by atoms with Crippen molar-refractivity contribution < 1.29 is 19.1 Å². The van der Waals surface area contributed by atoms with E-state index in [1.54, 1.807) is 6.07 Å². The number of nitrogens with one attached hydrogen (secondary N) is 1. The highest BCUT2D eigenvalue weighted by molar-refractivity contribution is 7.99. The first-order chi connectivity index (χ1) is 16.2. The Hall–Kier alpha value is -2.85. The second-order valence-corrected chi connectivity index (χ2v) is 10.1. The first kappa shape index (κ1) is 25.8. The summed E-state index contributed by atoms with van der Waals surface area (Å²) in [6.45, 7) is 8.21. The number of nitrogens with zero attached hydrogens (tertiary/aromatic N) is 3. The van der Waals surface area contributed by atoms with Crippen LogP contribution in [0.4, 0.5) is 5.00 Å². The molecule has 0 saturated heterocycles. The number of thiophene rings is 1. The number of aryl methyl sites for hydroxylation is 1. The summed E-state index contributed by atoms with van der Waals surface area (Å²) < 4.78 is 12.7. The van der Waals surface area contributed by atoms with Crippen LogP contribution < -0.4 is 10.1 Å². The number of hydrogen-bond acceptors (Lipinski definition) is 8. The Bertz CT molecular complexity index is 1140. The fraction of sp³-hybridized carbons (Fsp3) is 0.417. The second kappa shape index (κ2) is 11.5. The molecule has 1 amide bonds. The minimum absolute atomic E-state index is 0.123. The van der Waals surface area contributed by atoms with E-state index in [0.717, 1.165) is 17.0 Å². The number of benzene rings is 1. The summed E-state index contributed by atoms with van der Waals surface area (Å²) in [4.78, 5) is 25.6. The smallest absolute Gasteiger partial charge is 0.340 e. The Balaban J connectivity index is 1.60. The maximum absolute atomic E-state index is 12.6. The average molecular weight is 503 g/mol. The van der Waals surface area contributed by atoms with Gasteiger partial charge in [0.25, 0.3) is 0 Å². The summed E-state index contributed by atoms with van der Waals surface area (Å²) in [5.41, 5.74) is 1.62. The Kier molecular flexibility index (Phi) is 8.73. The van der Waals surface area contributed by atoms with Gasteiger partial charge in [-0.2, -0.15) is 0 Å². The number of aromatic nitrogens is 3. The van der Waals surface area contributed by atoms with Gasteiger partial charge < -0.3 is 19.4 Å². The van der Waals surface area contributed by atoms with Gasteiger partial charge in [-0.3, -0.25) is 4.79 Å². The molecule has 0 fully saturated rings. The third-order valence-electron chi connectivity index (χ3n) is 5.21. The molecule has 182 valence electrons. The number of rotatable bonds is 10. The quantitative estimate of drug-likeness (QED) is 0.300. The van der Waals surface area contributed by atoms with Gasteiger partial charge in [0.15, 0.2) is 17.1 Å². The number of amides is 1. The number of methoxy groups -OCH3 is 1. The fourth-order valence-electron chi connectivity index (χ4n) is 3.26. The van der Waals surface area contributed by atoms with Crippen molar-refractivity contribution >= 4 is 40.0 Å². The van der Waals surface area contributed by atoms with Crippen molar-refractivity contribution in [1.82, 2.24) is 14.8 Å². The molecule has 3 aromatic rings. The topological polar surface area (TPSA) is 95.3 Å². The minimum Gasteiger partial charge on any atom is -0.483 e. The van der Waals surface area contributed by atoms with Crippen molar-refractivity contribution in [3.63, 3.8) is 0 Å². The van der Waals surface area contributed by atoms with Crippen molar-refractivity contribution in [1.29, 1.82) is 0 Å². The molecule has 0 bridgehead atoms. The predicted octanol–water partition coefficient (Wildman–Crippen LogP) is 5.22. The van der Waals surface area contributed by atoms with Crippen LogP contribution >= 0.6 is 23.1 Å². The predicted molar refractivity (Wildman–Crippen MR) is 135 cm³/mol. The van der Waals surface area contributed by atoms with E-state index in [2.05, 4.69) is 41.5 Å². The van der Waals surface area contributed by atoms with Gasteiger partial charge in [-0.1, -0.05) is 44.7 Å². The lowest BCUT2D eigenvalue weighted by Crippen LogP contribution is -2.16. The highest BCUT2D eigenvalue weighted by Gasteiger charge is 2.20. The van der Waals surface area contributed by atoms with Crippen LogP contribution in [0.25, 0.3) is 0 Å². The van der Waals surface area contributed by atoms with E-state index in [1.807, 2.05) is 37.6 Å². The summed E-state index contributed by atoms with van der Waals surface area (Å²) in [7, 11) is 3.17. The van der Waals surface area contributed by atoms with Crippen LogP contribution in [0.15, 0.2) is 35.5 Å². The van der Waals surface area contributed by atoms with Gasteiger partial charge in [-0.15, -0.1) is 21.5 Å². The number of carbonyl (C=O) groups excluding carboxylic acids is 2. The number of esters is 1. The largest absolute Gasteiger partial charge is 0.483 e. The normalized spacial score (nSPS) is 12.0. The molecular formula is C24H30N4O4S2. The number of hydrogen-bond donors (Lipinski definition) is 1. The minimum atomic E-state index is -0.468. The van der Waals surface area contributed by atoms with Crippen molar-refractivity contribution in [2.45, 2.75) is 51.3 Å². The van der Waals surface area contributed by atoms with Crippen molar-refractivity contribution in [2.24, 2.45) is 7.05 Å². The van der Waals surface area contributed by atoms with Crippen molar-refractivity contribution in [3.8, 4) is 5.75 Å². The van der Waals surface area contributed by atoms with Gasteiger partial charge in [0.2, 0.25) is 5.91 Å². The summed E-state index contributed by atoms with van der Waals surface area (Å²) in [5, 5.41) is 12.4. The van der Waals surface area contributed by atoms with E-state index in [1.165, 1.54) is 35.8 Å². The van der Waals surface area contributed by atoms with E-state index in [4.69, 9.17) is 9.47 Å². The lowest BCUT2D eigenvalue weighted by molar-refractivity contribution is -0.113. The molecule has 0 aliphatic carbocycles. The number of carbonyl (C=O) groups is 2. The molecule has 0 spiro atoms. The third kappa shape index (κ3) is 6.18. The van der Waals surface area contributed by atoms with Gasteiger partial charge in [0, 0.05) is 11.9 Å². The number of anilines is 1. The molecular weight excluding hydrogens is 472 g/mol. The molecule has 3 rings (SSSR count). The van der Waals surface area contributed by atoms with Gasteiger partial charge in [0.1, 0.15) is 10.8 Å². The zero-order chi connectivity index (χ0) is 24.8. The molecule has 1 aromatic carbocycles. The first-order valence-electron chi connectivity index (χ1n) is 11.0. The molecule has 1 unspecified atom stereocenters.